The molecule has 0 saturated carbocycles. The van der Waals surface area contributed by atoms with E-state index in [-0.39, 0.29) is 42.0 Å². The Kier molecular flexibility index (Phi) is 5.88. The summed E-state index contributed by atoms with van der Waals surface area (Å²) in [6.45, 7) is 5.66. The first-order chi connectivity index (χ1) is 15.7. The van der Waals surface area contributed by atoms with Crippen molar-refractivity contribution in [2.75, 3.05) is 39.5 Å². The summed E-state index contributed by atoms with van der Waals surface area (Å²) in [7, 11) is 0. The van der Waals surface area contributed by atoms with E-state index in [1.807, 2.05) is 51.9 Å². The molecular formula is C25H31N3O4. The Morgan fingerprint density at radius 3 is 2.56 bits per heavy atom. The molecule has 4 atom stereocenters. The van der Waals surface area contributed by atoms with Gasteiger partial charge in [-0.15, -0.1) is 0 Å². The number of ether oxygens (including phenoxy) is 1. The quantitative estimate of drug-likeness (QED) is 0.772. The highest BCUT2D eigenvalue weighted by molar-refractivity contribution is 5.83. The first kappa shape index (κ1) is 21.4. The molecule has 0 bridgehead atoms. The predicted octanol–water partition coefficient (Wildman–Crippen LogP) is 1.75. The summed E-state index contributed by atoms with van der Waals surface area (Å²) < 4.78 is 7.30. The smallest absolute Gasteiger partial charge is 0.258 e. The Bertz CT molecular complexity index is 1030. The molecule has 0 aliphatic carbocycles. The van der Waals surface area contributed by atoms with Gasteiger partial charge in [0, 0.05) is 49.3 Å². The highest BCUT2D eigenvalue weighted by atomic mass is 16.5. The molecule has 2 aromatic rings. The maximum Gasteiger partial charge on any atom is 0.258 e. The Labute approximate surface area is 188 Å². The number of carbonyl (C=O) groups excluding carboxylic acids is 1. The van der Waals surface area contributed by atoms with Crippen LogP contribution in [-0.4, -0.2) is 70.9 Å². The third-order valence-corrected chi connectivity index (χ3v) is 7.33. The largest absolute Gasteiger partial charge is 0.396 e. The topological polar surface area (TPSA) is 75.0 Å². The molecule has 3 aliphatic heterocycles. The maximum absolute atomic E-state index is 13.6. The lowest BCUT2D eigenvalue weighted by molar-refractivity contribution is -0.142. The number of aromatic nitrogens is 1. The van der Waals surface area contributed by atoms with Gasteiger partial charge in [0.05, 0.1) is 25.3 Å². The summed E-state index contributed by atoms with van der Waals surface area (Å²) in [5.41, 5.74) is 2.57. The van der Waals surface area contributed by atoms with E-state index in [4.69, 9.17) is 4.74 Å². The molecule has 3 aliphatic rings. The Morgan fingerprint density at radius 1 is 1.12 bits per heavy atom. The molecule has 1 aromatic carbocycles. The van der Waals surface area contributed by atoms with Gasteiger partial charge < -0.3 is 19.3 Å². The number of rotatable bonds is 5. The van der Waals surface area contributed by atoms with Gasteiger partial charge in [-0.1, -0.05) is 37.3 Å². The number of carbonyl (C=O) groups is 1. The molecule has 1 aromatic heterocycles. The van der Waals surface area contributed by atoms with E-state index in [0.29, 0.717) is 38.4 Å². The predicted molar refractivity (Wildman–Crippen MR) is 121 cm³/mol. The van der Waals surface area contributed by atoms with Crippen molar-refractivity contribution in [1.82, 2.24) is 14.4 Å². The molecule has 0 unspecified atom stereocenters. The Morgan fingerprint density at radius 2 is 1.88 bits per heavy atom. The van der Waals surface area contributed by atoms with E-state index in [0.717, 1.165) is 24.2 Å². The lowest BCUT2D eigenvalue weighted by atomic mass is 9.88. The summed E-state index contributed by atoms with van der Waals surface area (Å²) in [6.07, 6.45) is 0.903. The molecular weight excluding hydrogens is 406 g/mol. The van der Waals surface area contributed by atoms with Crippen LogP contribution < -0.4 is 5.56 Å². The highest BCUT2D eigenvalue weighted by Gasteiger charge is 2.55. The summed E-state index contributed by atoms with van der Waals surface area (Å²) in [4.78, 5) is 31.1. The molecule has 1 N–H and O–H groups in total. The van der Waals surface area contributed by atoms with E-state index in [1.165, 1.54) is 0 Å². The number of fused-ring (bicyclic) bond motifs is 3. The number of pyridine rings is 1. The fraction of sp³-hybridized carbons (Fsp3) is 0.520. The fourth-order valence-electron chi connectivity index (χ4n) is 5.91. The van der Waals surface area contributed by atoms with Crippen molar-refractivity contribution in [1.29, 1.82) is 0 Å². The third kappa shape index (κ3) is 3.39. The fourth-order valence-corrected chi connectivity index (χ4v) is 5.91. The minimum Gasteiger partial charge on any atom is -0.396 e. The van der Waals surface area contributed by atoms with E-state index < -0.39 is 0 Å². The van der Waals surface area contributed by atoms with Crippen molar-refractivity contribution in [3.8, 4) is 11.1 Å². The van der Waals surface area contributed by atoms with Gasteiger partial charge >= 0.3 is 0 Å². The van der Waals surface area contributed by atoms with Crippen LogP contribution in [0, 0.1) is 11.8 Å². The Hall–Kier alpha value is -2.48. The number of benzene rings is 1. The van der Waals surface area contributed by atoms with Crippen LogP contribution in [-0.2, 0) is 16.1 Å². The summed E-state index contributed by atoms with van der Waals surface area (Å²) >= 11 is 0. The van der Waals surface area contributed by atoms with Crippen LogP contribution in [0.1, 0.15) is 25.1 Å². The molecule has 170 valence electrons. The first-order valence-electron chi connectivity index (χ1n) is 11.7. The van der Waals surface area contributed by atoms with Crippen molar-refractivity contribution in [2.24, 2.45) is 11.8 Å². The second-order valence-electron chi connectivity index (χ2n) is 9.03. The van der Waals surface area contributed by atoms with Gasteiger partial charge in [-0.3, -0.25) is 14.5 Å². The molecule has 4 heterocycles. The van der Waals surface area contributed by atoms with Crippen molar-refractivity contribution in [2.45, 2.75) is 32.0 Å². The molecule has 7 heteroatoms. The summed E-state index contributed by atoms with van der Waals surface area (Å²) in [5, 5.41) is 10.4. The summed E-state index contributed by atoms with van der Waals surface area (Å²) in [6, 6.07) is 13.3. The zero-order valence-corrected chi connectivity index (χ0v) is 18.5. The molecule has 0 radical (unpaired) electrons. The minimum absolute atomic E-state index is 0.00675. The molecule has 2 fully saturated rings. The van der Waals surface area contributed by atoms with Gasteiger partial charge in [-0.2, -0.15) is 0 Å². The van der Waals surface area contributed by atoms with E-state index in [9.17, 15) is 14.7 Å². The van der Waals surface area contributed by atoms with Gasteiger partial charge in [0.2, 0.25) is 5.91 Å². The highest BCUT2D eigenvalue weighted by Crippen LogP contribution is 2.49. The number of morpholine rings is 1. The van der Waals surface area contributed by atoms with E-state index in [2.05, 4.69) is 11.8 Å². The molecule has 0 spiro atoms. The average molecular weight is 438 g/mol. The van der Waals surface area contributed by atoms with Crippen LogP contribution in [0.4, 0.5) is 0 Å². The molecule has 7 nitrogen and oxygen atoms in total. The number of nitrogens with zero attached hydrogens (tertiary/aromatic N) is 3. The van der Waals surface area contributed by atoms with Crippen molar-refractivity contribution in [3.63, 3.8) is 0 Å². The van der Waals surface area contributed by atoms with Crippen LogP contribution in [0.25, 0.3) is 11.1 Å². The lowest BCUT2D eigenvalue weighted by Gasteiger charge is -2.36. The number of aliphatic hydroxyl groups excluding tert-OH is 1. The van der Waals surface area contributed by atoms with Gasteiger partial charge in [0.1, 0.15) is 0 Å². The maximum atomic E-state index is 13.6. The average Bonchev–Trinajstić information content (AvgIpc) is 3.36. The monoisotopic (exact) mass is 437 g/mol. The van der Waals surface area contributed by atoms with Crippen LogP contribution in [0.3, 0.4) is 0 Å². The van der Waals surface area contributed by atoms with E-state index >= 15 is 0 Å². The van der Waals surface area contributed by atoms with Crippen LogP contribution >= 0.6 is 0 Å². The van der Waals surface area contributed by atoms with E-state index in [1.54, 1.807) is 0 Å². The third-order valence-electron chi connectivity index (χ3n) is 7.33. The van der Waals surface area contributed by atoms with Gasteiger partial charge in [0.15, 0.2) is 0 Å². The molecule has 1 amide bonds. The SMILES string of the molecule is CCCN1[C@H](C(=O)N2CCOCC2)[C@@H](CO)[C@@H]2Cn3c(ccc(-c4ccccc4)c3=O)[C@@H]21. The lowest BCUT2D eigenvalue weighted by Crippen LogP contribution is -2.53. The van der Waals surface area contributed by atoms with Gasteiger partial charge in [-0.05, 0) is 30.7 Å². The number of hydrogen-bond donors (Lipinski definition) is 1. The first-order valence-corrected chi connectivity index (χ1v) is 11.7. The van der Waals surface area contributed by atoms with Crippen LogP contribution in [0.5, 0.6) is 0 Å². The minimum atomic E-state index is -0.356. The standard InChI is InChI=1S/C25H31N3O4/c1-2-10-27-22-19(20(16-29)23(27)25(31)26-11-13-32-14-12-26)15-28-21(22)9-8-18(24(28)30)17-6-4-3-5-7-17/h3-9,19-20,22-23,29H,2,10-16H2,1H3/t19-,20-,22+,23-/m0/s1. The van der Waals surface area contributed by atoms with Crippen molar-refractivity contribution < 1.29 is 14.6 Å². The van der Waals surface area contributed by atoms with Gasteiger partial charge in [-0.25, -0.2) is 0 Å². The molecule has 2 saturated heterocycles. The van der Waals surface area contributed by atoms with Crippen LogP contribution in [0.15, 0.2) is 47.3 Å². The number of amides is 1. The molecule has 5 rings (SSSR count). The Balaban J connectivity index is 1.53. The number of likely N-dealkylation sites (tertiary alicyclic amines) is 1. The second-order valence-corrected chi connectivity index (χ2v) is 9.03. The summed E-state index contributed by atoms with van der Waals surface area (Å²) in [5.74, 6) is -0.0633. The van der Waals surface area contributed by atoms with Crippen molar-refractivity contribution >= 4 is 5.91 Å². The zero-order chi connectivity index (χ0) is 22.2. The molecule has 32 heavy (non-hydrogen) atoms. The van der Waals surface area contributed by atoms with Gasteiger partial charge in [0.25, 0.3) is 5.56 Å². The zero-order valence-electron chi connectivity index (χ0n) is 18.5. The van der Waals surface area contributed by atoms with Crippen molar-refractivity contribution in [3.05, 3.63) is 58.5 Å². The number of hydrogen-bond acceptors (Lipinski definition) is 5. The second kappa shape index (κ2) is 8.81. The van der Waals surface area contributed by atoms with Crippen LogP contribution in [0.2, 0.25) is 0 Å². The number of aliphatic hydroxyl groups is 1. The normalized spacial score (nSPS) is 27.4.